The maximum absolute atomic E-state index is 7.25. The highest BCUT2D eigenvalue weighted by molar-refractivity contribution is 8.00. The zero-order valence-corrected chi connectivity index (χ0v) is 7.66. The Labute approximate surface area is 71.8 Å². The van der Waals surface area contributed by atoms with Crippen LogP contribution in [0.2, 0.25) is 0 Å². The summed E-state index contributed by atoms with van der Waals surface area (Å²) in [4.78, 5) is 1.95. The Bertz CT molecular complexity index is 149. The van der Waals surface area contributed by atoms with Gasteiger partial charge in [-0.3, -0.25) is 5.41 Å². The van der Waals surface area contributed by atoms with E-state index in [4.69, 9.17) is 11.1 Å². The van der Waals surface area contributed by atoms with Crippen LogP contribution >= 0.6 is 11.8 Å². The van der Waals surface area contributed by atoms with E-state index in [0.29, 0.717) is 5.25 Å². The van der Waals surface area contributed by atoms with Gasteiger partial charge in [-0.05, 0) is 6.42 Å². The molecule has 0 aromatic rings. The fourth-order valence-corrected chi connectivity index (χ4v) is 2.37. The van der Waals surface area contributed by atoms with E-state index >= 15 is 0 Å². The third-order valence-electron chi connectivity index (χ3n) is 1.93. The number of hydrogen-bond donors (Lipinski definition) is 2. The quantitative estimate of drug-likeness (QED) is 0.453. The second-order valence-electron chi connectivity index (χ2n) is 2.73. The Morgan fingerprint density at radius 1 is 1.82 bits per heavy atom. The molecule has 1 atom stereocenters. The number of nitrogens with zero attached hydrogens (tertiary/aromatic N) is 1. The van der Waals surface area contributed by atoms with E-state index in [1.807, 2.05) is 16.7 Å². The van der Waals surface area contributed by atoms with Gasteiger partial charge in [0.25, 0.3) is 0 Å². The fourth-order valence-electron chi connectivity index (χ4n) is 1.19. The van der Waals surface area contributed by atoms with Crippen molar-refractivity contribution in [3.05, 3.63) is 0 Å². The van der Waals surface area contributed by atoms with E-state index in [1.54, 1.807) is 0 Å². The molecule has 1 fully saturated rings. The van der Waals surface area contributed by atoms with Crippen molar-refractivity contribution >= 4 is 17.7 Å². The number of hydrogen-bond acceptors (Lipinski definition) is 2. The molecule has 0 aromatic carbocycles. The first-order chi connectivity index (χ1) is 5.24. The van der Waals surface area contributed by atoms with Crippen molar-refractivity contribution < 1.29 is 0 Å². The van der Waals surface area contributed by atoms with Crippen LogP contribution in [0.1, 0.15) is 13.3 Å². The largest absolute Gasteiger partial charge is 0.370 e. The fraction of sp³-hybridized carbons (Fsp3) is 0.857. The van der Waals surface area contributed by atoms with Gasteiger partial charge in [-0.1, -0.05) is 6.92 Å². The van der Waals surface area contributed by atoms with Crippen LogP contribution in [-0.4, -0.2) is 35.0 Å². The third-order valence-corrected chi connectivity index (χ3v) is 3.31. The average Bonchev–Trinajstić information content (AvgIpc) is 2.05. The first-order valence-corrected chi connectivity index (χ1v) is 4.99. The lowest BCUT2D eigenvalue weighted by molar-refractivity contribution is 0.417. The Balaban J connectivity index is 2.39. The second kappa shape index (κ2) is 3.85. The molecule has 0 bridgehead atoms. The summed E-state index contributed by atoms with van der Waals surface area (Å²) in [6, 6.07) is 0. The lowest BCUT2D eigenvalue weighted by Gasteiger charge is -2.31. The van der Waals surface area contributed by atoms with Gasteiger partial charge < -0.3 is 10.6 Å². The van der Waals surface area contributed by atoms with Gasteiger partial charge in [0.05, 0.1) is 0 Å². The van der Waals surface area contributed by atoms with Gasteiger partial charge in [-0.2, -0.15) is 11.8 Å². The number of guanidine groups is 1. The van der Waals surface area contributed by atoms with Crippen molar-refractivity contribution in [2.24, 2.45) is 5.73 Å². The van der Waals surface area contributed by atoms with E-state index in [-0.39, 0.29) is 5.96 Å². The van der Waals surface area contributed by atoms with Crippen molar-refractivity contribution in [1.29, 1.82) is 5.41 Å². The van der Waals surface area contributed by atoms with Crippen molar-refractivity contribution in [3.8, 4) is 0 Å². The summed E-state index contributed by atoms with van der Waals surface area (Å²) in [5.74, 6) is 1.33. The molecular formula is C7H15N3S. The zero-order chi connectivity index (χ0) is 8.27. The van der Waals surface area contributed by atoms with Crippen LogP contribution < -0.4 is 5.73 Å². The maximum atomic E-state index is 7.25. The van der Waals surface area contributed by atoms with Gasteiger partial charge in [-0.15, -0.1) is 0 Å². The molecule has 4 heteroatoms. The molecular weight excluding hydrogens is 158 g/mol. The summed E-state index contributed by atoms with van der Waals surface area (Å²) in [6.07, 6.45) is 1.18. The highest BCUT2D eigenvalue weighted by Crippen LogP contribution is 2.20. The lowest BCUT2D eigenvalue weighted by Crippen LogP contribution is -2.44. The molecule has 1 aliphatic heterocycles. The van der Waals surface area contributed by atoms with Crippen molar-refractivity contribution in [1.82, 2.24) is 4.90 Å². The van der Waals surface area contributed by atoms with E-state index in [9.17, 15) is 0 Å². The van der Waals surface area contributed by atoms with Gasteiger partial charge >= 0.3 is 0 Å². The number of nitrogens with one attached hydrogen (secondary N) is 1. The molecule has 0 amide bonds. The van der Waals surface area contributed by atoms with E-state index in [0.717, 1.165) is 18.8 Å². The normalized spacial score (nSPS) is 25.2. The SMILES string of the molecule is CCC1CN(C(=N)N)CCS1. The predicted octanol–water partition coefficient (Wildman–Crippen LogP) is 0.707. The van der Waals surface area contributed by atoms with E-state index in [2.05, 4.69) is 6.92 Å². The van der Waals surface area contributed by atoms with Crippen molar-refractivity contribution in [2.75, 3.05) is 18.8 Å². The molecule has 0 saturated carbocycles. The number of thioether (sulfide) groups is 1. The molecule has 0 aromatic heterocycles. The average molecular weight is 173 g/mol. The Morgan fingerprint density at radius 3 is 3.09 bits per heavy atom. The molecule has 3 nitrogen and oxygen atoms in total. The van der Waals surface area contributed by atoms with E-state index < -0.39 is 0 Å². The van der Waals surface area contributed by atoms with Gasteiger partial charge in [-0.25, -0.2) is 0 Å². The highest BCUT2D eigenvalue weighted by atomic mass is 32.2. The Hall–Kier alpha value is -0.380. The van der Waals surface area contributed by atoms with E-state index in [1.165, 1.54) is 6.42 Å². The summed E-state index contributed by atoms with van der Waals surface area (Å²) >= 11 is 1.99. The van der Waals surface area contributed by atoms with Crippen LogP contribution in [0.3, 0.4) is 0 Å². The molecule has 0 spiro atoms. The van der Waals surface area contributed by atoms with Gasteiger partial charge in [0.1, 0.15) is 0 Å². The standard InChI is InChI=1S/C7H15N3S/c1-2-6-5-10(7(8)9)3-4-11-6/h6H,2-5H2,1H3,(H3,8,9). The molecule has 1 rings (SSSR count). The zero-order valence-electron chi connectivity index (χ0n) is 6.84. The van der Waals surface area contributed by atoms with Gasteiger partial charge in [0, 0.05) is 24.1 Å². The number of rotatable bonds is 1. The minimum absolute atomic E-state index is 0.226. The van der Waals surface area contributed by atoms with Gasteiger partial charge in [0.2, 0.25) is 0 Å². The Morgan fingerprint density at radius 2 is 2.55 bits per heavy atom. The first-order valence-electron chi connectivity index (χ1n) is 3.94. The summed E-state index contributed by atoms with van der Waals surface area (Å²) in [6.45, 7) is 4.08. The second-order valence-corrected chi connectivity index (χ2v) is 4.14. The van der Waals surface area contributed by atoms with Gasteiger partial charge in [0.15, 0.2) is 5.96 Å². The maximum Gasteiger partial charge on any atom is 0.188 e. The van der Waals surface area contributed by atoms with Crippen molar-refractivity contribution in [3.63, 3.8) is 0 Å². The lowest BCUT2D eigenvalue weighted by atomic mass is 10.3. The van der Waals surface area contributed by atoms with Crippen LogP contribution in [0.25, 0.3) is 0 Å². The molecule has 0 aliphatic carbocycles. The topological polar surface area (TPSA) is 53.1 Å². The van der Waals surface area contributed by atoms with Crippen LogP contribution in [0, 0.1) is 5.41 Å². The molecule has 11 heavy (non-hydrogen) atoms. The summed E-state index contributed by atoms with van der Waals surface area (Å²) in [7, 11) is 0. The third kappa shape index (κ3) is 2.29. The summed E-state index contributed by atoms with van der Waals surface area (Å²) < 4.78 is 0. The molecule has 64 valence electrons. The minimum Gasteiger partial charge on any atom is -0.370 e. The molecule has 1 heterocycles. The minimum atomic E-state index is 0.226. The predicted molar refractivity (Wildman–Crippen MR) is 50.0 cm³/mol. The smallest absolute Gasteiger partial charge is 0.188 e. The summed E-state index contributed by atoms with van der Waals surface area (Å²) in [5, 5.41) is 7.92. The summed E-state index contributed by atoms with van der Waals surface area (Å²) in [5.41, 5.74) is 5.38. The van der Waals surface area contributed by atoms with Crippen LogP contribution in [0.4, 0.5) is 0 Å². The monoisotopic (exact) mass is 173 g/mol. The first kappa shape index (κ1) is 8.71. The molecule has 0 radical (unpaired) electrons. The molecule has 1 aliphatic rings. The molecule has 1 saturated heterocycles. The van der Waals surface area contributed by atoms with Crippen molar-refractivity contribution in [2.45, 2.75) is 18.6 Å². The van der Waals surface area contributed by atoms with Crippen LogP contribution in [-0.2, 0) is 0 Å². The van der Waals surface area contributed by atoms with Crippen LogP contribution in [0.15, 0.2) is 0 Å². The molecule has 3 N–H and O–H groups in total. The molecule has 1 unspecified atom stereocenters. The van der Waals surface area contributed by atoms with Crippen LogP contribution in [0.5, 0.6) is 0 Å². The highest BCUT2D eigenvalue weighted by Gasteiger charge is 2.18. The Kier molecular flexibility index (Phi) is 3.05. The number of nitrogens with two attached hydrogens (primary N) is 1.